The van der Waals surface area contributed by atoms with Crippen LogP contribution >= 0.6 is 0 Å². The van der Waals surface area contributed by atoms with E-state index in [-0.39, 0.29) is 30.5 Å². The minimum absolute atomic E-state index is 0.0713. The Morgan fingerprint density at radius 3 is 2.71 bits per heavy atom. The molecule has 1 fully saturated rings. The number of hydrogen-bond acceptors (Lipinski definition) is 4. The summed E-state index contributed by atoms with van der Waals surface area (Å²) in [6, 6.07) is 8.99. The van der Waals surface area contributed by atoms with E-state index in [0.29, 0.717) is 19.6 Å². The molecule has 0 bridgehead atoms. The first-order valence-electron chi connectivity index (χ1n) is 10.5. The number of hydrogen-bond donors (Lipinski definition) is 1. The summed E-state index contributed by atoms with van der Waals surface area (Å²) in [5.41, 5.74) is 2.65. The Morgan fingerprint density at radius 1 is 1.18 bits per heavy atom. The van der Waals surface area contributed by atoms with Gasteiger partial charge >= 0.3 is 0 Å². The average molecular weight is 388 g/mol. The van der Waals surface area contributed by atoms with Crippen molar-refractivity contribution in [2.75, 3.05) is 33.4 Å². The largest absolute Gasteiger partial charge is 0.372 e. The van der Waals surface area contributed by atoms with Gasteiger partial charge in [0.2, 0.25) is 11.8 Å². The van der Waals surface area contributed by atoms with Crippen LogP contribution in [-0.4, -0.2) is 67.0 Å². The standard InChI is InChI=1S/C22H33N3O3/c1-3-28-16-21(26)23-14-20-11-10-19(24(20)2)13-22(27)25-12-6-9-17-7-4-5-8-18(17)15-25/h4-5,7-8,19-20H,3,6,9-16H2,1-2H3,(H,23,26)/t19-,20+/m1/s1. The van der Waals surface area contributed by atoms with Crippen molar-refractivity contribution in [3.8, 4) is 0 Å². The molecule has 1 aromatic carbocycles. The van der Waals surface area contributed by atoms with E-state index in [9.17, 15) is 9.59 Å². The maximum atomic E-state index is 13.0. The zero-order valence-electron chi connectivity index (χ0n) is 17.2. The van der Waals surface area contributed by atoms with Crippen molar-refractivity contribution < 1.29 is 14.3 Å². The van der Waals surface area contributed by atoms with Crippen molar-refractivity contribution in [3.63, 3.8) is 0 Å². The molecule has 0 aromatic heterocycles. The van der Waals surface area contributed by atoms with E-state index in [0.717, 1.165) is 38.8 Å². The van der Waals surface area contributed by atoms with Crippen LogP contribution in [0.3, 0.4) is 0 Å². The minimum atomic E-state index is -0.0713. The molecule has 0 saturated carbocycles. The number of likely N-dealkylation sites (tertiary alicyclic amines) is 1. The molecule has 2 amide bonds. The van der Waals surface area contributed by atoms with Gasteiger partial charge in [-0.2, -0.15) is 0 Å². The highest BCUT2D eigenvalue weighted by Crippen LogP contribution is 2.26. The fourth-order valence-electron chi connectivity index (χ4n) is 4.30. The summed E-state index contributed by atoms with van der Waals surface area (Å²) in [5, 5.41) is 2.95. The summed E-state index contributed by atoms with van der Waals surface area (Å²) in [4.78, 5) is 29.0. The van der Waals surface area contributed by atoms with Gasteiger partial charge in [-0.15, -0.1) is 0 Å². The van der Waals surface area contributed by atoms with Crippen molar-refractivity contribution in [3.05, 3.63) is 35.4 Å². The second kappa shape index (κ2) is 10.0. The van der Waals surface area contributed by atoms with E-state index < -0.39 is 0 Å². The fourth-order valence-corrected chi connectivity index (χ4v) is 4.30. The van der Waals surface area contributed by atoms with E-state index in [1.54, 1.807) is 0 Å². The number of nitrogens with zero attached hydrogens (tertiary/aromatic N) is 2. The van der Waals surface area contributed by atoms with Crippen molar-refractivity contribution >= 4 is 11.8 Å². The number of aryl methyl sites for hydroxylation is 1. The van der Waals surface area contributed by atoms with Crippen LogP contribution < -0.4 is 5.32 Å². The number of ether oxygens (including phenoxy) is 1. The molecule has 1 saturated heterocycles. The number of fused-ring (bicyclic) bond motifs is 1. The van der Waals surface area contributed by atoms with Crippen molar-refractivity contribution in [2.45, 2.75) is 57.7 Å². The number of benzene rings is 1. The highest BCUT2D eigenvalue weighted by atomic mass is 16.5. The van der Waals surface area contributed by atoms with Crippen molar-refractivity contribution in [2.24, 2.45) is 0 Å². The third-order valence-electron chi connectivity index (χ3n) is 6.07. The molecule has 2 aliphatic heterocycles. The van der Waals surface area contributed by atoms with Crippen LogP contribution in [0.1, 0.15) is 43.7 Å². The van der Waals surface area contributed by atoms with Gasteiger partial charge in [-0.3, -0.25) is 14.5 Å². The summed E-state index contributed by atoms with van der Waals surface area (Å²) in [6.07, 6.45) is 4.64. The molecule has 6 heteroatoms. The number of nitrogens with one attached hydrogen (secondary N) is 1. The van der Waals surface area contributed by atoms with Gasteiger partial charge in [-0.25, -0.2) is 0 Å². The normalized spacial score (nSPS) is 22.6. The lowest BCUT2D eigenvalue weighted by atomic mass is 10.0. The smallest absolute Gasteiger partial charge is 0.246 e. The lowest BCUT2D eigenvalue weighted by Crippen LogP contribution is -2.43. The maximum Gasteiger partial charge on any atom is 0.246 e. The topological polar surface area (TPSA) is 61.9 Å². The van der Waals surface area contributed by atoms with Crippen LogP contribution in [0.4, 0.5) is 0 Å². The van der Waals surface area contributed by atoms with Crippen LogP contribution in [0.15, 0.2) is 24.3 Å². The van der Waals surface area contributed by atoms with Crippen LogP contribution in [0.5, 0.6) is 0 Å². The molecule has 1 N–H and O–H groups in total. The number of amides is 2. The maximum absolute atomic E-state index is 13.0. The first kappa shape index (κ1) is 20.8. The zero-order chi connectivity index (χ0) is 19.9. The summed E-state index contributed by atoms with van der Waals surface area (Å²) in [5.74, 6) is 0.174. The zero-order valence-corrected chi connectivity index (χ0v) is 17.2. The molecule has 2 atom stereocenters. The minimum Gasteiger partial charge on any atom is -0.372 e. The molecule has 0 aliphatic carbocycles. The summed E-state index contributed by atoms with van der Waals surface area (Å²) in [6.45, 7) is 4.71. The molecule has 0 unspecified atom stereocenters. The van der Waals surface area contributed by atoms with Gasteiger partial charge in [0.05, 0.1) is 0 Å². The molecule has 6 nitrogen and oxygen atoms in total. The van der Waals surface area contributed by atoms with Gasteiger partial charge in [-0.05, 0) is 50.8 Å². The van der Waals surface area contributed by atoms with Gasteiger partial charge in [0.1, 0.15) is 6.61 Å². The second-order valence-electron chi connectivity index (χ2n) is 7.88. The molecule has 2 heterocycles. The fraction of sp³-hybridized carbons (Fsp3) is 0.636. The van der Waals surface area contributed by atoms with Gasteiger partial charge in [-0.1, -0.05) is 24.3 Å². The monoisotopic (exact) mass is 387 g/mol. The van der Waals surface area contributed by atoms with Gasteiger partial charge < -0.3 is 15.0 Å². The second-order valence-corrected chi connectivity index (χ2v) is 7.88. The Hall–Kier alpha value is -1.92. The predicted molar refractivity (Wildman–Crippen MR) is 109 cm³/mol. The Balaban J connectivity index is 1.49. The SMILES string of the molecule is CCOCC(=O)NC[C@@H]1CC[C@H](CC(=O)N2CCCc3ccccc3C2)N1C. The van der Waals surface area contributed by atoms with Crippen LogP contribution in [-0.2, 0) is 27.3 Å². The lowest BCUT2D eigenvalue weighted by Gasteiger charge is -2.28. The molecule has 3 rings (SSSR count). The molecule has 0 spiro atoms. The molecule has 2 aliphatic rings. The van der Waals surface area contributed by atoms with Crippen LogP contribution in [0.2, 0.25) is 0 Å². The number of likely N-dealkylation sites (N-methyl/N-ethyl adjacent to an activating group) is 1. The third-order valence-corrected chi connectivity index (χ3v) is 6.07. The van der Waals surface area contributed by atoms with E-state index >= 15 is 0 Å². The molecular weight excluding hydrogens is 354 g/mol. The van der Waals surface area contributed by atoms with Gasteiger partial charge in [0.15, 0.2) is 0 Å². The Morgan fingerprint density at radius 2 is 1.93 bits per heavy atom. The number of carbonyl (C=O) groups is 2. The molecule has 28 heavy (non-hydrogen) atoms. The van der Waals surface area contributed by atoms with Crippen molar-refractivity contribution in [1.82, 2.24) is 15.1 Å². The Kier molecular flexibility index (Phi) is 7.45. The molecule has 1 aromatic rings. The van der Waals surface area contributed by atoms with Crippen LogP contribution in [0.25, 0.3) is 0 Å². The predicted octanol–water partition coefficient (Wildman–Crippen LogP) is 1.97. The van der Waals surface area contributed by atoms with Gasteiger partial charge in [0, 0.05) is 44.7 Å². The Labute approximate surface area is 168 Å². The first-order chi connectivity index (χ1) is 13.6. The first-order valence-corrected chi connectivity index (χ1v) is 10.5. The van der Waals surface area contributed by atoms with Crippen molar-refractivity contribution in [1.29, 1.82) is 0 Å². The van der Waals surface area contributed by atoms with E-state index in [2.05, 4.69) is 41.5 Å². The Bertz CT molecular complexity index is 679. The number of carbonyl (C=O) groups excluding carboxylic acids is 2. The number of rotatable bonds is 7. The molecular formula is C22H33N3O3. The quantitative estimate of drug-likeness (QED) is 0.777. The van der Waals surface area contributed by atoms with E-state index in [1.165, 1.54) is 11.1 Å². The van der Waals surface area contributed by atoms with Crippen LogP contribution in [0, 0.1) is 0 Å². The average Bonchev–Trinajstić information content (AvgIpc) is 2.91. The third kappa shape index (κ3) is 5.32. The van der Waals surface area contributed by atoms with E-state index in [4.69, 9.17) is 4.74 Å². The highest BCUT2D eigenvalue weighted by molar-refractivity contribution is 5.77. The lowest BCUT2D eigenvalue weighted by molar-refractivity contribution is -0.133. The molecule has 154 valence electrons. The highest BCUT2D eigenvalue weighted by Gasteiger charge is 2.33. The van der Waals surface area contributed by atoms with E-state index in [1.807, 2.05) is 11.8 Å². The summed E-state index contributed by atoms with van der Waals surface area (Å²) >= 11 is 0. The summed E-state index contributed by atoms with van der Waals surface area (Å²) in [7, 11) is 2.07. The van der Waals surface area contributed by atoms with Gasteiger partial charge in [0.25, 0.3) is 0 Å². The summed E-state index contributed by atoms with van der Waals surface area (Å²) < 4.78 is 5.14. The molecule has 0 radical (unpaired) electrons.